The lowest BCUT2D eigenvalue weighted by Gasteiger charge is -2.24. The summed E-state index contributed by atoms with van der Waals surface area (Å²) in [5.74, 6) is 2.82. The lowest BCUT2D eigenvalue weighted by Crippen LogP contribution is -2.19. The number of anilines is 1. The molecule has 28 heavy (non-hydrogen) atoms. The average Bonchev–Trinajstić information content (AvgIpc) is 3.32. The zero-order chi connectivity index (χ0) is 18.8. The fourth-order valence-corrected chi connectivity index (χ4v) is 5.46. The van der Waals surface area contributed by atoms with Crippen LogP contribution in [-0.4, -0.2) is 28.7 Å². The Morgan fingerprint density at radius 1 is 1.07 bits per heavy atom. The van der Waals surface area contributed by atoms with Gasteiger partial charge in [-0.15, -0.1) is 0 Å². The van der Waals surface area contributed by atoms with Gasteiger partial charge in [-0.3, -0.25) is 4.90 Å². The molecule has 2 aromatic carbocycles. The number of fused-ring (bicyclic) bond motifs is 1. The molecule has 2 fully saturated rings. The Kier molecular flexibility index (Phi) is 5.32. The van der Waals surface area contributed by atoms with Crippen molar-refractivity contribution in [2.45, 2.75) is 38.1 Å². The van der Waals surface area contributed by atoms with Gasteiger partial charge in [0.15, 0.2) is 0 Å². The fraction of sp³-hybridized carbons (Fsp3) is 0.417. The predicted octanol–water partition coefficient (Wildman–Crippen LogP) is 6.02. The minimum atomic E-state index is 0.642. The van der Waals surface area contributed by atoms with Gasteiger partial charge in [0.25, 0.3) is 0 Å². The number of hydrogen-bond donors (Lipinski definition) is 2. The molecular weight excluding hydrogens is 362 g/mol. The van der Waals surface area contributed by atoms with Crippen LogP contribution in [0.3, 0.4) is 0 Å². The molecule has 0 radical (unpaired) electrons. The molecular formula is C24H29N3S. The molecule has 146 valence electrons. The molecule has 5 rings (SSSR count). The largest absolute Gasteiger partial charge is 0.361 e. The molecule has 1 aromatic heterocycles. The molecule has 1 saturated heterocycles. The molecule has 2 N–H and O–H groups in total. The topological polar surface area (TPSA) is 31.1 Å². The third kappa shape index (κ3) is 3.94. The monoisotopic (exact) mass is 391 g/mol. The number of aromatic amines is 1. The average molecular weight is 392 g/mol. The first-order valence-corrected chi connectivity index (χ1v) is 11.6. The maximum atomic E-state index is 3.57. The van der Waals surface area contributed by atoms with E-state index in [9.17, 15) is 0 Å². The molecule has 1 unspecified atom stereocenters. The van der Waals surface area contributed by atoms with E-state index in [1.807, 2.05) is 11.9 Å². The number of H-pyrrole nitrogens is 1. The van der Waals surface area contributed by atoms with Gasteiger partial charge in [0, 0.05) is 41.6 Å². The number of aromatic nitrogens is 1. The Morgan fingerprint density at radius 2 is 2.00 bits per heavy atom. The van der Waals surface area contributed by atoms with Crippen LogP contribution in [0.15, 0.2) is 54.7 Å². The van der Waals surface area contributed by atoms with Crippen molar-refractivity contribution in [3.63, 3.8) is 0 Å². The molecule has 2 heterocycles. The molecule has 0 amide bonds. The molecule has 0 spiro atoms. The first-order chi connectivity index (χ1) is 13.8. The third-order valence-electron chi connectivity index (χ3n) is 6.43. The van der Waals surface area contributed by atoms with Gasteiger partial charge in [0.05, 0.1) is 0 Å². The van der Waals surface area contributed by atoms with E-state index in [4.69, 9.17) is 0 Å². The van der Waals surface area contributed by atoms with Crippen LogP contribution in [0.25, 0.3) is 10.9 Å². The van der Waals surface area contributed by atoms with Gasteiger partial charge in [-0.1, -0.05) is 48.7 Å². The minimum Gasteiger partial charge on any atom is -0.361 e. The lowest BCUT2D eigenvalue weighted by atomic mass is 9.87. The molecule has 1 saturated carbocycles. The Labute approximate surface area is 172 Å². The second-order valence-corrected chi connectivity index (χ2v) is 9.24. The quantitative estimate of drug-likeness (QED) is 0.483. The van der Waals surface area contributed by atoms with Crippen LogP contribution in [0.2, 0.25) is 0 Å². The summed E-state index contributed by atoms with van der Waals surface area (Å²) in [4.78, 5) is 6.01. The van der Waals surface area contributed by atoms with Crippen LogP contribution in [0.5, 0.6) is 0 Å². The highest BCUT2D eigenvalue weighted by atomic mass is 32.2. The standard InChI is InChI=1S/C24H29N3S/c1-2-10-24-23(9-1)21(14-25-24)16-27-12-11-20(15-27)19-7-4-8-22(13-19)26-28-17-18-5-3-6-18/h1-2,4,7-10,13-14,18,20,25-26H,3,5-6,11-12,15-17H2. The summed E-state index contributed by atoms with van der Waals surface area (Å²) in [5.41, 5.74) is 5.40. The highest BCUT2D eigenvalue weighted by Crippen LogP contribution is 2.32. The van der Waals surface area contributed by atoms with E-state index in [0.717, 1.165) is 19.0 Å². The third-order valence-corrected chi connectivity index (χ3v) is 7.45. The molecule has 0 bridgehead atoms. The van der Waals surface area contributed by atoms with Gasteiger partial charge >= 0.3 is 0 Å². The summed E-state index contributed by atoms with van der Waals surface area (Å²) < 4.78 is 3.57. The van der Waals surface area contributed by atoms with Crippen molar-refractivity contribution in [3.05, 3.63) is 65.9 Å². The van der Waals surface area contributed by atoms with E-state index < -0.39 is 0 Å². The molecule has 2 aliphatic rings. The van der Waals surface area contributed by atoms with Gasteiger partial charge in [-0.05, 0) is 67.0 Å². The van der Waals surface area contributed by atoms with E-state index in [2.05, 4.69) is 69.3 Å². The number of nitrogens with zero attached hydrogens (tertiary/aromatic N) is 1. The number of para-hydroxylation sites is 1. The van der Waals surface area contributed by atoms with Gasteiger partial charge in [-0.2, -0.15) is 0 Å². The number of hydrogen-bond acceptors (Lipinski definition) is 3. The van der Waals surface area contributed by atoms with Crippen molar-refractivity contribution in [3.8, 4) is 0 Å². The van der Waals surface area contributed by atoms with Crippen molar-refractivity contribution in [2.24, 2.45) is 5.92 Å². The maximum Gasteiger partial charge on any atom is 0.0457 e. The zero-order valence-corrected chi connectivity index (χ0v) is 17.2. The van der Waals surface area contributed by atoms with E-state index in [-0.39, 0.29) is 0 Å². The molecule has 1 aliphatic carbocycles. The van der Waals surface area contributed by atoms with Gasteiger partial charge in [0.1, 0.15) is 0 Å². The van der Waals surface area contributed by atoms with Crippen LogP contribution in [0.4, 0.5) is 5.69 Å². The van der Waals surface area contributed by atoms with Gasteiger partial charge in [-0.25, -0.2) is 0 Å². The number of rotatable bonds is 7. The molecule has 3 nitrogen and oxygen atoms in total. The van der Waals surface area contributed by atoms with Crippen molar-refractivity contribution in [1.82, 2.24) is 9.88 Å². The summed E-state index contributed by atoms with van der Waals surface area (Å²) in [7, 11) is 0. The molecule has 1 atom stereocenters. The minimum absolute atomic E-state index is 0.642. The summed E-state index contributed by atoms with van der Waals surface area (Å²) in [6, 6.07) is 17.7. The lowest BCUT2D eigenvalue weighted by molar-refractivity contribution is 0.328. The van der Waals surface area contributed by atoms with Crippen molar-refractivity contribution in [1.29, 1.82) is 0 Å². The summed E-state index contributed by atoms with van der Waals surface area (Å²) in [6.07, 6.45) is 7.70. The number of nitrogens with one attached hydrogen (secondary N) is 2. The maximum absolute atomic E-state index is 3.57. The van der Waals surface area contributed by atoms with Crippen LogP contribution < -0.4 is 4.72 Å². The zero-order valence-electron chi connectivity index (χ0n) is 16.4. The predicted molar refractivity (Wildman–Crippen MR) is 121 cm³/mol. The Morgan fingerprint density at radius 3 is 2.89 bits per heavy atom. The second kappa shape index (κ2) is 8.22. The molecule has 1 aliphatic heterocycles. The number of likely N-dealkylation sites (tertiary alicyclic amines) is 1. The SMILES string of the molecule is c1cc(NSCC2CCC2)cc(C2CCN(Cc3c[nH]c4ccccc34)C2)c1. The Hall–Kier alpha value is -1.91. The first-order valence-electron chi connectivity index (χ1n) is 10.6. The van der Waals surface area contributed by atoms with Crippen molar-refractivity contribution >= 4 is 28.5 Å². The summed E-state index contributed by atoms with van der Waals surface area (Å²) >= 11 is 1.88. The fourth-order valence-electron chi connectivity index (χ4n) is 4.51. The van der Waals surface area contributed by atoms with Gasteiger partial charge < -0.3 is 9.71 Å². The van der Waals surface area contributed by atoms with E-state index in [1.54, 1.807) is 0 Å². The van der Waals surface area contributed by atoms with Crippen molar-refractivity contribution < 1.29 is 0 Å². The normalized spacial score (nSPS) is 20.5. The Balaban J connectivity index is 1.19. The van der Waals surface area contributed by atoms with Crippen molar-refractivity contribution in [2.75, 3.05) is 23.6 Å². The molecule has 3 aromatic rings. The van der Waals surface area contributed by atoms with E-state index in [1.165, 1.54) is 65.7 Å². The van der Waals surface area contributed by atoms with Crippen LogP contribution in [0, 0.1) is 5.92 Å². The Bertz CT molecular complexity index is 930. The van der Waals surface area contributed by atoms with Crippen LogP contribution >= 0.6 is 11.9 Å². The highest BCUT2D eigenvalue weighted by Gasteiger charge is 2.24. The number of benzene rings is 2. The highest BCUT2D eigenvalue weighted by molar-refractivity contribution is 8.00. The first kappa shape index (κ1) is 18.1. The molecule has 4 heteroatoms. The van der Waals surface area contributed by atoms with Crippen LogP contribution in [-0.2, 0) is 6.54 Å². The van der Waals surface area contributed by atoms with Crippen LogP contribution in [0.1, 0.15) is 42.7 Å². The van der Waals surface area contributed by atoms with E-state index in [0.29, 0.717) is 5.92 Å². The van der Waals surface area contributed by atoms with Gasteiger partial charge in [0.2, 0.25) is 0 Å². The smallest absolute Gasteiger partial charge is 0.0457 e. The van der Waals surface area contributed by atoms with E-state index >= 15 is 0 Å². The summed E-state index contributed by atoms with van der Waals surface area (Å²) in [6.45, 7) is 3.37. The second-order valence-electron chi connectivity index (χ2n) is 8.42. The summed E-state index contributed by atoms with van der Waals surface area (Å²) in [5, 5.41) is 1.36.